The lowest BCUT2D eigenvalue weighted by Crippen LogP contribution is -2.58. The largest absolute Gasteiger partial charge is 0.508 e. The Labute approximate surface area is 263 Å². The summed E-state index contributed by atoms with van der Waals surface area (Å²) >= 11 is 0. The highest BCUT2D eigenvalue weighted by Crippen LogP contribution is 2.62. The number of fused-ring (bicyclic) bond motifs is 4. The van der Waals surface area contributed by atoms with Gasteiger partial charge in [0, 0.05) is 23.0 Å². The monoisotopic (exact) mass is 607 g/mol. The Morgan fingerprint density at radius 1 is 0.717 bits per heavy atom. The molecule has 2 aliphatic carbocycles. The average molecular weight is 608 g/mol. The van der Waals surface area contributed by atoms with E-state index in [1.165, 1.54) is 15.4 Å². The van der Waals surface area contributed by atoms with Gasteiger partial charge in [-0.05, 0) is 47.4 Å². The third kappa shape index (κ3) is 3.79. The van der Waals surface area contributed by atoms with Gasteiger partial charge in [0.2, 0.25) is 0 Å². The van der Waals surface area contributed by atoms with Crippen molar-refractivity contribution in [2.24, 2.45) is 5.92 Å². The Morgan fingerprint density at radius 2 is 1.35 bits per heavy atom. The summed E-state index contributed by atoms with van der Waals surface area (Å²) in [4.78, 5) is 57.7. The lowest BCUT2D eigenvalue weighted by molar-refractivity contribution is -0.133. The van der Waals surface area contributed by atoms with E-state index in [-0.39, 0.29) is 30.3 Å². The van der Waals surface area contributed by atoms with Gasteiger partial charge < -0.3 is 5.11 Å². The third-order valence-electron chi connectivity index (χ3n) is 9.90. The van der Waals surface area contributed by atoms with E-state index in [9.17, 15) is 24.3 Å². The van der Waals surface area contributed by atoms with Crippen molar-refractivity contribution in [1.82, 2.24) is 13.9 Å². The fourth-order valence-corrected chi connectivity index (χ4v) is 8.01. The molecular formula is C38H29N3O5. The molecule has 4 aromatic carbocycles. The molecule has 0 radical (unpaired) electrons. The minimum atomic E-state index is -1.41. The molecule has 0 saturated heterocycles. The van der Waals surface area contributed by atoms with Crippen LogP contribution < -0.4 is 11.4 Å². The minimum Gasteiger partial charge on any atom is -0.508 e. The van der Waals surface area contributed by atoms with Crippen LogP contribution in [0.15, 0.2) is 143 Å². The maximum Gasteiger partial charge on any atom is 0.352 e. The fraction of sp³-hybridized carbons (Fsp3) is 0.158. The van der Waals surface area contributed by atoms with E-state index in [0.717, 1.165) is 4.57 Å². The second-order valence-corrected chi connectivity index (χ2v) is 12.1. The Morgan fingerprint density at radius 3 is 2.04 bits per heavy atom. The lowest BCUT2D eigenvalue weighted by Gasteiger charge is -2.54. The van der Waals surface area contributed by atoms with Crippen LogP contribution >= 0.6 is 0 Å². The van der Waals surface area contributed by atoms with E-state index in [2.05, 4.69) is 0 Å². The summed E-state index contributed by atoms with van der Waals surface area (Å²) in [7, 11) is 0. The highest BCUT2D eigenvalue weighted by molar-refractivity contribution is 6.31. The summed E-state index contributed by atoms with van der Waals surface area (Å²) in [6.07, 6.45) is 3.47. The summed E-state index contributed by atoms with van der Waals surface area (Å²) in [5, 5.41) is 11.4. The van der Waals surface area contributed by atoms with Crippen molar-refractivity contribution in [3.63, 3.8) is 0 Å². The first-order chi connectivity index (χ1) is 22.4. The number of carbonyl (C=O) groups is 2. The summed E-state index contributed by atoms with van der Waals surface area (Å²) < 4.78 is 4.00. The molecule has 4 atom stereocenters. The summed E-state index contributed by atoms with van der Waals surface area (Å²) in [6.45, 7) is 0.0899. The van der Waals surface area contributed by atoms with Crippen LogP contribution in [-0.4, -0.2) is 30.6 Å². The van der Waals surface area contributed by atoms with Crippen LogP contribution in [0.25, 0.3) is 11.3 Å². The third-order valence-corrected chi connectivity index (χ3v) is 9.90. The van der Waals surface area contributed by atoms with Crippen molar-refractivity contribution in [3.8, 4) is 11.4 Å². The number of rotatable bonds is 4. The van der Waals surface area contributed by atoms with Crippen molar-refractivity contribution in [2.75, 3.05) is 0 Å². The molecule has 0 spiro atoms. The Kier molecular flexibility index (Phi) is 6.28. The van der Waals surface area contributed by atoms with Crippen LogP contribution in [0.5, 0.6) is 5.75 Å². The predicted molar refractivity (Wildman–Crippen MR) is 173 cm³/mol. The Hall–Kier alpha value is -5.76. The molecule has 5 aromatic rings. The number of nitrogens with zero attached hydrogens (tertiary/aromatic N) is 3. The number of hydrogen-bond acceptors (Lipinski definition) is 5. The highest BCUT2D eigenvalue weighted by Gasteiger charge is 2.63. The molecule has 1 aromatic heterocycles. The zero-order valence-corrected chi connectivity index (χ0v) is 24.7. The van der Waals surface area contributed by atoms with Gasteiger partial charge in [-0.25, -0.2) is 23.5 Å². The number of benzene rings is 4. The number of Topliss-reactive ketones (excluding diaryl/α,β-unsaturated/α-hetero) is 1. The van der Waals surface area contributed by atoms with Gasteiger partial charge in [-0.2, -0.15) is 0 Å². The highest BCUT2D eigenvalue weighted by atomic mass is 16.3. The number of para-hydroxylation sites is 2. The van der Waals surface area contributed by atoms with E-state index < -0.39 is 34.7 Å². The molecule has 1 aliphatic heterocycles. The molecule has 3 aliphatic rings. The van der Waals surface area contributed by atoms with Gasteiger partial charge in [-0.1, -0.05) is 103 Å². The SMILES string of the molecule is O=C1C(c2ccccc2)=CC(=O)C2(c3ccccc3)C1CC1C(=CCn3c(=O)n(-c4ccccc4)c(=O)n31)C2c1ccccc1O. The minimum absolute atomic E-state index is 0.0154. The van der Waals surface area contributed by atoms with E-state index in [1.54, 1.807) is 48.5 Å². The molecule has 8 nitrogen and oxygen atoms in total. The molecule has 1 N–H and O–H groups in total. The first-order valence-corrected chi connectivity index (χ1v) is 15.3. The summed E-state index contributed by atoms with van der Waals surface area (Å²) in [6, 6.07) is 33.3. The number of hydrogen-bond donors (Lipinski definition) is 1. The normalized spacial score (nSPS) is 23.5. The summed E-state index contributed by atoms with van der Waals surface area (Å²) in [5.74, 6) is -2.20. The van der Waals surface area contributed by atoms with E-state index in [4.69, 9.17) is 0 Å². The molecule has 8 rings (SSSR count). The maximum absolute atomic E-state index is 14.9. The predicted octanol–water partition coefficient (Wildman–Crippen LogP) is 4.96. The van der Waals surface area contributed by atoms with E-state index in [1.807, 2.05) is 72.8 Å². The van der Waals surface area contributed by atoms with Gasteiger partial charge in [0.05, 0.1) is 23.7 Å². The van der Waals surface area contributed by atoms with Gasteiger partial charge in [-0.15, -0.1) is 0 Å². The van der Waals surface area contributed by atoms with Gasteiger partial charge in [0.15, 0.2) is 11.6 Å². The van der Waals surface area contributed by atoms with Crippen LogP contribution in [0.4, 0.5) is 0 Å². The molecule has 226 valence electrons. The topological polar surface area (TPSA) is 103 Å². The van der Waals surface area contributed by atoms with Gasteiger partial charge in [0.1, 0.15) is 5.75 Å². The Bertz CT molecular complexity index is 2210. The first kappa shape index (κ1) is 27.8. The molecule has 4 unspecified atom stereocenters. The van der Waals surface area contributed by atoms with Crippen LogP contribution in [-0.2, 0) is 21.5 Å². The van der Waals surface area contributed by atoms with Crippen LogP contribution in [0.2, 0.25) is 0 Å². The van der Waals surface area contributed by atoms with Crippen molar-refractivity contribution in [2.45, 2.75) is 30.3 Å². The van der Waals surface area contributed by atoms with Gasteiger partial charge in [0.25, 0.3) is 0 Å². The second kappa shape index (κ2) is 10.4. The maximum atomic E-state index is 14.9. The number of allylic oxidation sites excluding steroid dienone is 4. The number of carbonyl (C=O) groups excluding carboxylic acids is 2. The number of aromatic nitrogens is 3. The van der Waals surface area contributed by atoms with Crippen molar-refractivity contribution < 1.29 is 14.7 Å². The molecule has 1 fully saturated rings. The quantitative estimate of drug-likeness (QED) is 0.291. The van der Waals surface area contributed by atoms with Crippen molar-refractivity contribution in [1.29, 1.82) is 0 Å². The van der Waals surface area contributed by atoms with Crippen LogP contribution in [0.1, 0.15) is 35.1 Å². The molecule has 1 saturated carbocycles. The van der Waals surface area contributed by atoms with Crippen LogP contribution in [0.3, 0.4) is 0 Å². The number of phenols is 1. The molecule has 0 amide bonds. The number of ketones is 2. The molecule has 8 heteroatoms. The molecular weight excluding hydrogens is 578 g/mol. The molecule has 46 heavy (non-hydrogen) atoms. The molecule has 2 heterocycles. The second-order valence-electron chi connectivity index (χ2n) is 12.1. The first-order valence-electron chi connectivity index (χ1n) is 15.3. The lowest BCUT2D eigenvalue weighted by atomic mass is 9.47. The van der Waals surface area contributed by atoms with Crippen molar-refractivity contribution in [3.05, 3.63) is 171 Å². The number of aromatic hydroxyl groups is 1. The van der Waals surface area contributed by atoms with Crippen LogP contribution in [0, 0.1) is 5.92 Å². The standard InChI is InChI=1S/C38H29N3O5/c42-32-19-11-10-18-28(32)34-27-20-21-39-36(45)40(26-16-8-3-9-17-26)37(46)41(39)31(27)23-30-35(44)29(24-12-4-1-5-13-24)22-33(43)38(30,34)25-14-6-2-7-15-25/h1-20,22,30-31,34,42H,21,23H2. The summed E-state index contributed by atoms with van der Waals surface area (Å²) in [5.41, 5.74) is 0.827. The average Bonchev–Trinajstić information content (AvgIpc) is 3.36. The Balaban J connectivity index is 1.43. The zero-order valence-electron chi connectivity index (χ0n) is 24.7. The van der Waals surface area contributed by atoms with E-state index >= 15 is 0 Å². The van der Waals surface area contributed by atoms with E-state index in [0.29, 0.717) is 33.5 Å². The number of phenolic OH excluding ortho intramolecular Hbond substituents is 1. The smallest absolute Gasteiger partial charge is 0.352 e. The van der Waals surface area contributed by atoms with Crippen molar-refractivity contribution >= 4 is 17.1 Å². The molecule has 0 bridgehead atoms. The van der Waals surface area contributed by atoms with Gasteiger partial charge in [-0.3, -0.25) is 9.59 Å². The zero-order chi connectivity index (χ0) is 31.6. The fourth-order valence-electron chi connectivity index (χ4n) is 8.01. The van der Waals surface area contributed by atoms with Gasteiger partial charge >= 0.3 is 11.4 Å².